The van der Waals surface area contributed by atoms with Gasteiger partial charge in [0.15, 0.2) is 11.5 Å². The van der Waals surface area contributed by atoms with Crippen molar-refractivity contribution in [2.24, 2.45) is 11.3 Å². The number of nitrogens with one attached hydrogen (secondary N) is 1. The van der Waals surface area contributed by atoms with Crippen LogP contribution >= 0.6 is 0 Å². The fraction of sp³-hybridized carbons (Fsp3) is 0.412. The number of quaternary nitrogens is 1. The first kappa shape index (κ1) is 13.8. The number of aromatic nitrogens is 2. The summed E-state index contributed by atoms with van der Waals surface area (Å²) in [6, 6.07) is 6.77. The summed E-state index contributed by atoms with van der Waals surface area (Å²) in [5.74, 6) is 2.03. The molecule has 2 aromatic rings. The van der Waals surface area contributed by atoms with Crippen LogP contribution < -0.4 is 5.23 Å². The highest BCUT2D eigenvalue weighted by Gasteiger charge is 2.63. The van der Waals surface area contributed by atoms with E-state index in [0.717, 1.165) is 17.7 Å². The molecule has 5 nitrogen and oxygen atoms in total. The van der Waals surface area contributed by atoms with Crippen LogP contribution in [0.4, 0.5) is 5.69 Å². The van der Waals surface area contributed by atoms with Crippen molar-refractivity contribution in [3.8, 4) is 11.4 Å². The number of hydrogen-bond acceptors (Lipinski definition) is 4. The molecule has 0 amide bonds. The van der Waals surface area contributed by atoms with E-state index in [4.69, 9.17) is 10.2 Å². The Morgan fingerprint density at radius 1 is 1.23 bits per heavy atom. The lowest BCUT2D eigenvalue weighted by Gasteiger charge is -2.15. The number of benzene rings is 1. The molecule has 4 rings (SSSR count). The molecule has 0 saturated heterocycles. The Bertz CT molecular complexity index is 753. The van der Waals surface area contributed by atoms with Crippen molar-refractivity contribution in [2.75, 3.05) is 0 Å². The molecule has 1 fully saturated rings. The lowest BCUT2D eigenvalue weighted by atomic mass is 9.97. The second kappa shape index (κ2) is 4.35. The van der Waals surface area contributed by atoms with Gasteiger partial charge in [0.2, 0.25) is 0 Å². The fourth-order valence-electron chi connectivity index (χ4n) is 4.00. The van der Waals surface area contributed by atoms with Gasteiger partial charge in [-0.2, -0.15) is 5.23 Å². The molecule has 5 heteroatoms. The molecule has 2 N–H and O–H groups in total. The topological polar surface area (TPSA) is 73.5 Å². The van der Waals surface area contributed by atoms with Gasteiger partial charge in [-0.25, -0.2) is 15.2 Å². The highest BCUT2D eigenvalue weighted by Crippen LogP contribution is 2.70. The van der Waals surface area contributed by atoms with Gasteiger partial charge < -0.3 is 5.21 Å². The van der Waals surface area contributed by atoms with Gasteiger partial charge >= 0.3 is 0 Å². The van der Waals surface area contributed by atoms with Crippen LogP contribution in [0.2, 0.25) is 0 Å². The van der Waals surface area contributed by atoms with E-state index >= 15 is 0 Å². The first-order valence-corrected chi connectivity index (χ1v) is 7.60. The summed E-state index contributed by atoms with van der Waals surface area (Å²) in [5, 5.41) is 19.0. The second-order valence-electron chi connectivity index (χ2n) is 6.99. The first-order chi connectivity index (χ1) is 10.4. The van der Waals surface area contributed by atoms with E-state index in [1.54, 1.807) is 24.3 Å². The van der Waals surface area contributed by atoms with Gasteiger partial charge in [0.25, 0.3) is 0 Å². The SMILES string of the molecule is Cc1nc(-c2ccc([NH+]([O-])O)cc2)nc2c1[C@H]1[C@@H](C2)C1(C)C. The summed E-state index contributed by atoms with van der Waals surface area (Å²) in [4.78, 5) is 9.42. The first-order valence-electron chi connectivity index (χ1n) is 7.60. The minimum Gasteiger partial charge on any atom is -0.595 e. The van der Waals surface area contributed by atoms with Crippen molar-refractivity contribution in [3.05, 3.63) is 46.4 Å². The molecule has 0 spiro atoms. The van der Waals surface area contributed by atoms with Crippen molar-refractivity contribution < 1.29 is 10.4 Å². The van der Waals surface area contributed by atoms with Gasteiger partial charge in [0.1, 0.15) is 0 Å². The molecule has 1 unspecified atom stereocenters. The van der Waals surface area contributed by atoms with E-state index < -0.39 is 5.23 Å². The summed E-state index contributed by atoms with van der Waals surface area (Å²) in [6.45, 7) is 6.71. The molecule has 1 saturated carbocycles. The van der Waals surface area contributed by atoms with Crippen LogP contribution in [0.1, 0.15) is 36.7 Å². The maximum Gasteiger partial charge on any atom is 0.163 e. The van der Waals surface area contributed by atoms with Crippen molar-refractivity contribution in [2.45, 2.75) is 33.1 Å². The Hall–Kier alpha value is -1.82. The Kier molecular flexibility index (Phi) is 2.73. The third kappa shape index (κ3) is 1.83. The quantitative estimate of drug-likeness (QED) is 0.833. The minimum absolute atomic E-state index is 0.282. The molecule has 2 aliphatic carbocycles. The number of aryl methyl sites for hydroxylation is 1. The van der Waals surface area contributed by atoms with Crippen LogP contribution in [0.25, 0.3) is 11.4 Å². The van der Waals surface area contributed by atoms with E-state index in [-0.39, 0.29) is 5.69 Å². The Balaban J connectivity index is 1.72. The predicted molar refractivity (Wildman–Crippen MR) is 81.7 cm³/mol. The van der Waals surface area contributed by atoms with Crippen molar-refractivity contribution >= 4 is 5.69 Å². The third-order valence-electron chi connectivity index (χ3n) is 5.38. The van der Waals surface area contributed by atoms with Gasteiger partial charge in [-0.3, -0.25) is 0 Å². The summed E-state index contributed by atoms with van der Waals surface area (Å²) in [7, 11) is 0. The fourth-order valence-corrected chi connectivity index (χ4v) is 4.00. The second-order valence-corrected chi connectivity index (χ2v) is 6.99. The average Bonchev–Trinajstić information content (AvgIpc) is 2.86. The van der Waals surface area contributed by atoms with E-state index in [9.17, 15) is 5.21 Å². The molecule has 0 aliphatic heterocycles. The van der Waals surface area contributed by atoms with Gasteiger partial charge in [-0.05, 0) is 48.3 Å². The summed E-state index contributed by atoms with van der Waals surface area (Å²) < 4.78 is 0. The van der Waals surface area contributed by atoms with Crippen LogP contribution in [0.5, 0.6) is 0 Å². The van der Waals surface area contributed by atoms with E-state index in [1.165, 1.54) is 11.3 Å². The average molecular weight is 297 g/mol. The predicted octanol–water partition coefficient (Wildman–Crippen LogP) is 2.15. The molecule has 1 heterocycles. The minimum atomic E-state index is -0.917. The Morgan fingerprint density at radius 3 is 2.55 bits per heavy atom. The molecule has 1 aromatic carbocycles. The lowest BCUT2D eigenvalue weighted by molar-refractivity contribution is -0.991. The van der Waals surface area contributed by atoms with E-state index in [2.05, 4.69) is 25.8 Å². The Labute approximate surface area is 129 Å². The van der Waals surface area contributed by atoms with Gasteiger partial charge in [0.05, 0.1) is 0 Å². The van der Waals surface area contributed by atoms with Gasteiger partial charge in [0, 0.05) is 29.1 Å². The van der Waals surface area contributed by atoms with E-state index in [0.29, 0.717) is 23.1 Å². The molecule has 114 valence electrons. The monoisotopic (exact) mass is 297 g/mol. The zero-order chi connectivity index (χ0) is 15.6. The molecule has 0 bridgehead atoms. The van der Waals surface area contributed by atoms with E-state index in [1.807, 2.05) is 0 Å². The highest BCUT2D eigenvalue weighted by atomic mass is 16.8. The van der Waals surface area contributed by atoms with Crippen molar-refractivity contribution in [1.29, 1.82) is 0 Å². The van der Waals surface area contributed by atoms with Gasteiger partial charge in [-0.15, -0.1) is 0 Å². The maximum absolute atomic E-state index is 10.9. The standard InChI is InChI=1S/C17H19N3O2/c1-9-14-13(8-12-15(14)17(12,2)3)19-16(18-9)10-4-6-11(7-5-10)20(21)22/h4-7,12,15,20-21H,8H2,1-3H3/t12-,15-/m1/s1. The molecule has 1 aromatic heterocycles. The highest BCUT2D eigenvalue weighted by molar-refractivity contribution is 5.59. The number of hydrogen-bond donors (Lipinski definition) is 2. The smallest absolute Gasteiger partial charge is 0.163 e. The largest absolute Gasteiger partial charge is 0.595 e. The number of rotatable bonds is 2. The molecular formula is C17H19N3O2. The maximum atomic E-state index is 10.9. The van der Waals surface area contributed by atoms with Crippen molar-refractivity contribution in [3.63, 3.8) is 0 Å². The zero-order valence-electron chi connectivity index (χ0n) is 12.9. The summed E-state index contributed by atoms with van der Waals surface area (Å²) >= 11 is 0. The van der Waals surface area contributed by atoms with Crippen LogP contribution in [0.3, 0.4) is 0 Å². The van der Waals surface area contributed by atoms with Crippen LogP contribution in [-0.4, -0.2) is 15.2 Å². The van der Waals surface area contributed by atoms with Crippen molar-refractivity contribution in [1.82, 2.24) is 9.97 Å². The third-order valence-corrected chi connectivity index (χ3v) is 5.38. The molecule has 22 heavy (non-hydrogen) atoms. The number of fused-ring (bicyclic) bond motifs is 3. The number of nitrogens with zero attached hydrogens (tertiary/aromatic N) is 2. The van der Waals surface area contributed by atoms with Gasteiger partial charge in [-0.1, -0.05) is 13.8 Å². The zero-order valence-corrected chi connectivity index (χ0v) is 12.9. The molecule has 3 atom stereocenters. The summed E-state index contributed by atoms with van der Waals surface area (Å²) in [6.07, 6.45) is 1.04. The lowest BCUT2D eigenvalue weighted by Crippen LogP contribution is -2.99. The normalized spacial score (nSPS) is 25.5. The Morgan fingerprint density at radius 2 is 1.91 bits per heavy atom. The molecule has 2 aliphatic rings. The molecule has 0 radical (unpaired) electrons. The molecular weight excluding hydrogens is 278 g/mol. The van der Waals surface area contributed by atoms with Crippen LogP contribution in [0.15, 0.2) is 24.3 Å². The summed E-state index contributed by atoms with van der Waals surface area (Å²) in [5.41, 5.74) is 5.15. The van der Waals surface area contributed by atoms with Crippen LogP contribution in [0, 0.1) is 23.5 Å². The van der Waals surface area contributed by atoms with Crippen LogP contribution in [-0.2, 0) is 6.42 Å².